The summed E-state index contributed by atoms with van der Waals surface area (Å²) in [6, 6.07) is 27.2. The van der Waals surface area contributed by atoms with Gasteiger partial charge in [-0.25, -0.2) is 0 Å². The highest BCUT2D eigenvalue weighted by Gasteiger charge is 2.29. The number of aryl methyl sites for hydroxylation is 1. The first-order valence-electron chi connectivity index (χ1n) is 9.95. The molecule has 0 radical (unpaired) electrons. The van der Waals surface area contributed by atoms with Crippen LogP contribution in [0.4, 0.5) is 5.69 Å². The number of hydrogen-bond acceptors (Lipinski definition) is 1. The van der Waals surface area contributed by atoms with Crippen molar-refractivity contribution in [3.63, 3.8) is 0 Å². The molecule has 2 atom stereocenters. The number of fused-ring (bicyclic) bond motifs is 1. The predicted molar refractivity (Wildman–Crippen MR) is 116 cm³/mol. The Hall–Kier alpha value is -2.54. The third-order valence-electron chi connectivity index (χ3n) is 5.85. The maximum atomic E-state index is 3.82. The van der Waals surface area contributed by atoms with Crippen molar-refractivity contribution in [3.05, 3.63) is 101 Å². The monoisotopic (exact) mass is 355 g/mol. The van der Waals surface area contributed by atoms with E-state index >= 15 is 0 Å². The molecule has 1 heterocycles. The van der Waals surface area contributed by atoms with E-state index in [0.29, 0.717) is 12.0 Å². The van der Waals surface area contributed by atoms with E-state index in [9.17, 15) is 0 Å². The van der Waals surface area contributed by atoms with Crippen molar-refractivity contribution in [2.45, 2.75) is 51.5 Å². The van der Waals surface area contributed by atoms with E-state index in [0.717, 1.165) is 6.42 Å². The summed E-state index contributed by atoms with van der Waals surface area (Å²) in [6.07, 6.45) is 1.08. The fourth-order valence-corrected chi connectivity index (χ4v) is 4.21. The van der Waals surface area contributed by atoms with Gasteiger partial charge in [0, 0.05) is 11.6 Å². The van der Waals surface area contributed by atoms with Gasteiger partial charge in [0.15, 0.2) is 0 Å². The zero-order valence-corrected chi connectivity index (χ0v) is 16.8. The third-order valence-corrected chi connectivity index (χ3v) is 5.85. The van der Waals surface area contributed by atoms with Gasteiger partial charge in [-0.2, -0.15) is 0 Å². The van der Waals surface area contributed by atoms with Crippen LogP contribution >= 0.6 is 0 Å². The van der Waals surface area contributed by atoms with E-state index in [2.05, 4.69) is 106 Å². The van der Waals surface area contributed by atoms with Crippen molar-refractivity contribution in [2.24, 2.45) is 0 Å². The van der Waals surface area contributed by atoms with Crippen LogP contribution in [-0.4, -0.2) is 0 Å². The van der Waals surface area contributed by atoms with Gasteiger partial charge in [-0.15, -0.1) is 0 Å². The minimum atomic E-state index is 0.188. The highest BCUT2D eigenvalue weighted by Crippen LogP contribution is 2.45. The quantitative estimate of drug-likeness (QED) is 0.523. The van der Waals surface area contributed by atoms with Gasteiger partial charge in [0.1, 0.15) is 0 Å². The SMILES string of the molecule is Cc1cccc2c1NC(c1ccccc1)CC2c1ccc(C(C)(C)C)cc1. The minimum Gasteiger partial charge on any atom is -0.378 e. The molecule has 3 aromatic carbocycles. The average Bonchev–Trinajstić information content (AvgIpc) is 2.68. The van der Waals surface area contributed by atoms with E-state index in [1.54, 1.807) is 0 Å². The molecule has 0 saturated carbocycles. The summed E-state index contributed by atoms with van der Waals surface area (Å²) >= 11 is 0. The minimum absolute atomic E-state index is 0.188. The Kier molecular flexibility index (Phi) is 4.55. The molecule has 2 unspecified atom stereocenters. The Labute approximate surface area is 163 Å². The summed E-state index contributed by atoms with van der Waals surface area (Å²) < 4.78 is 0. The molecule has 1 N–H and O–H groups in total. The molecular weight excluding hydrogens is 326 g/mol. The Bertz CT molecular complexity index is 917. The highest BCUT2D eigenvalue weighted by molar-refractivity contribution is 5.63. The smallest absolute Gasteiger partial charge is 0.0523 e. The summed E-state index contributed by atoms with van der Waals surface area (Å²) in [5.74, 6) is 0.417. The molecule has 3 aromatic rings. The summed E-state index contributed by atoms with van der Waals surface area (Å²) in [5.41, 5.74) is 8.41. The zero-order chi connectivity index (χ0) is 19.0. The van der Waals surface area contributed by atoms with Crippen molar-refractivity contribution >= 4 is 5.69 Å². The van der Waals surface area contributed by atoms with Gasteiger partial charge >= 0.3 is 0 Å². The fraction of sp³-hybridized carbons (Fsp3) is 0.308. The van der Waals surface area contributed by atoms with Crippen LogP contribution < -0.4 is 5.32 Å². The lowest BCUT2D eigenvalue weighted by Crippen LogP contribution is -2.23. The van der Waals surface area contributed by atoms with E-state index in [1.165, 1.54) is 33.5 Å². The lowest BCUT2D eigenvalue weighted by atomic mass is 9.78. The van der Waals surface area contributed by atoms with Crippen LogP contribution in [0.15, 0.2) is 72.8 Å². The number of hydrogen-bond donors (Lipinski definition) is 1. The summed E-state index contributed by atoms with van der Waals surface area (Å²) in [5, 5.41) is 3.82. The van der Waals surface area contributed by atoms with Gasteiger partial charge in [0.25, 0.3) is 0 Å². The Morgan fingerprint density at radius 2 is 1.48 bits per heavy atom. The molecule has 1 nitrogen and oxygen atoms in total. The van der Waals surface area contributed by atoms with E-state index in [-0.39, 0.29) is 5.41 Å². The van der Waals surface area contributed by atoms with Crippen LogP contribution in [-0.2, 0) is 5.41 Å². The third kappa shape index (κ3) is 3.51. The zero-order valence-electron chi connectivity index (χ0n) is 16.8. The molecule has 1 heteroatoms. The van der Waals surface area contributed by atoms with Gasteiger partial charge in [0.2, 0.25) is 0 Å². The Balaban J connectivity index is 1.76. The highest BCUT2D eigenvalue weighted by atomic mass is 14.9. The molecule has 0 spiro atoms. The van der Waals surface area contributed by atoms with Gasteiger partial charge in [0.05, 0.1) is 6.04 Å². The molecule has 0 amide bonds. The molecule has 1 aliphatic heterocycles. The van der Waals surface area contributed by atoms with Gasteiger partial charge in [-0.1, -0.05) is 93.6 Å². The van der Waals surface area contributed by atoms with Crippen molar-refractivity contribution < 1.29 is 0 Å². The second-order valence-corrected chi connectivity index (χ2v) is 8.81. The number of nitrogens with one attached hydrogen (secondary N) is 1. The number of rotatable bonds is 2. The first-order chi connectivity index (χ1) is 12.9. The summed E-state index contributed by atoms with van der Waals surface area (Å²) in [6.45, 7) is 9.03. The fourth-order valence-electron chi connectivity index (χ4n) is 4.21. The molecule has 0 bridgehead atoms. The number of anilines is 1. The first-order valence-corrected chi connectivity index (χ1v) is 9.95. The van der Waals surface area contributed by atoms with Gasteiger partial charge in [-0.05, 0) is 46.6 Å². The molecule has 0 saturated heterocycles. The maximum absolute atomic E-state index is 3.82. The van der Waals surface area contributed by atoms with Crippen molar-refractivity contribution in [2.75, 3.05) is 5.32 Å². The molecule has 0 fully saturated rings. The molecule has 0 aromatic heterocycles. The van der Waals surface area contributed by atoms with Crippen LogP contribution in [0.25, 0.3) is 0 Å². The average molecular weight is 356 g/mol. The van der Waals surface area contributed by atoms with Crippen molar-refractivity contribution in [1.29, 1.82) is 0 Å². The second-order valence-electron chi connectivity index (χ2n) is 8.81. The normalized spacial score (nSPS) is 19.3. The summed E-state index contributed by atoms with van der Waals surface area (Å²) in [7, 11) is 0. The van der Waals surface area contributed by atoms with E-state index in [4.69, 9.17) is 0 Å². The largest absolute Gasteiger partial charge is 0.378 e. The first kappa shape index (κ1) is 17.9. The Morgan fingerprint density at radius 3 is 2.15 bits per heavy atom. The lowest BCUT2D eigenvalue weighted by Gasteiger charge is -2.35. The van der Waals surface area contributed by atoms with Crippen LogP contribution in [0, 0.1) is 6.92 Å². The van der Waals surface area contributed by atoms with Crippen LogP contribution in [0.2, 0.25) is 0 Å². The molecule has 138 valence electrons. The molecule has 0 aliphatic carbocycles. The van der Waals surface area contributed by atoms with Gasteiger partial charge < -0.3 is 5.32 Å². The molecule has 27 heavy (non-hydrogen) atoms. The number of benzene rings is 3. The van der Waals surface area contributed by atoms with Gasteiger partial charge in [-0.3, -0.25) is 0 Å². The van der Waals surface area contributed by atoms with E-state index < -0.39 is 0 Å². The Morgan fingerprint density at radius 1 is 0.778 bits per heavy atom. The predicted octanol–water partition coefficient (Wildman–Crippen LogP) is 6.98. The van der Waals surface area contributed by atoms with Crippen LogP contribution in [0.1, 0.15) is 67.0 Å². The molecular formula is C26H29N. The van der Waals surface area contributed by atoms with Crippen molar-refractivity contribution in [3.8, 4) is 0 Å². The topological polar surface area (TPSA) is 12.0 Å². The summed E-state index contributed by atoms with van der Waals surface area (Å²) in [4.78, 5) is 0. The van der Waals surface area contributed by atoms with Crippen molar-refractivity contribution in [1.82, 2.24) is 0 Å². The molecule has 4 rings (SSSR count). The standard InChI is InChI=1S/C26H29N/c1-18-9-8-12-22-23(19-13-15-21(16-14-19)26(2,3)4)17-24(27-25(18)22)20-10-6-5-7-11-20/h5-16,23-24,27H,17H2,1-4H3. The number of para-hydroxylation sites is 1. The van der Waals surface area contributed by atoms with Crippen LogP contribution in [0.3, 0.4) is 0 Å². The maximum Gasteiger partial charge on any atom is 0.0523 e. The lowest BCUT2D eigenvalue weighted by molar-refractivity contribution is 0.585. The van der Waals surface area contributed by atoms with Crippen LogP contribution in [0.5, 0.6) is 0 Å². The second kappa shape index (κ2) is 6.88. The molecule has 1 aliphatic rings. The van der Waals surface area contributed by atoms with E-state index in [1.807, 2.05) is 0 Å².